The Hall–Kier alpha value is -1.14. The number of nitrogens with zero attached hydrogens (tertiary/aromatic N) is 2. The lowest BCUT2D eigenvalue weighted by Crippen LogP contribution is -2.38. The van der Waals surface area contributed by atoms with Crippen molar-refractivity contribution in [1.82, 2.24) is 15.6 Å². The Morgan fingerprint density at radius 1 is 1.30 bits per heavy atom. The van der Waals surface area contributed by atoms with Crippen LogP contribution < -0.4 is 10.6 Å². The summed E-state index contributed by atoms with van der Waals surface area (Å²) in [7, 11) is 0. The average molecular weight is 339 g/mol. The Labute approximate surface area is 144 Å². The quantitative estimate of drug-likeness (QED) is 0.434. The molecule has 6 heteroatoms. The molecule has 2 N–H and O–H groups in total. The minimum atomic E-state index is 0.508. The molecule has 1 heterocycles. The number of hydrogen-bond acceptors (Lipinski definition) is 4. The molecule has 0 aromatic carbocycles. The smallest absolute Gasteiger partial charge is 0.191 e. The van der Waals surface area contributed by atoms with Crippen LogP contribution in [0.5, 0.6) is 0 Å². The van der Waals surface area contributed by atoms with Crippen molar-refractivity contribution in [3.8, 4) is 0 Å². The van der Waals surface area contributed by atoms with Crippen LogP contribution in [-0.2, 0) is 11.3 Å². The highest BCUT2D eigenvalue weighted by Crippen LogP contribution is 2.20. The number of aryl methyl sites for hydroxylation is 2. The lowest BCUT2D eigenvalue weighted by atomic mass is 10.3. The van der Waals surface area contributed by atoms with Gasteiger partial charge in [0.05, 0.1) is 18.3 Å². The third kappa shape index (κ3) is 6.47. The zero-order valence-electron chi connectivity index (χ0n) is 14.7. The van der Waals surface area contributed by atoms with Gasteiger partial charge in [-0.3, -0.25) is 0 Å². The number of rotatable bonds is 8. The maximum Gasteiger partial charge on any atom is 0.191 e. The fourth-order valence-electron chi connectivity index (χ4n) is 2.68. The fourth-order valence-corrected chi connectivity index (χ4v) is 3.54. The van der Waals surface area contributed by atoms with E-state index in [-0.39, 0.29) is 0 Å². The van der Waals surface area contributed by atoms with E-state index in [0.29, 0.717) is 12.6 Å². The lowest BCUT2D eigenvalue weighted by Gasteiger charge is -2.13. The number of aromatic nitrogens is 1. The summed E-state index contributed by atoms with van der Waals surface area (Å²) in [4.78, 5) is 10.4. The first-order chi connectivity index (χ1) is 11.2. The van der Waals surface area contributed by atoms with Crippen molar-refractivity contribution in [2.24, 2.45) is 4.99 Å². The molecule has 0 unspecified atom stereocenters. The standard InChI is InChI=1S/C17H30N4OS/c1-4-18-17(20-12-16-21-13(2)14(3)23-16)19-10-7-11-22-15-8-5-6-9-15/h15H,4-12H2,1-3H3,(H2,18,19,20). The number of hydrogen-bond donors (Lipinski definition) is 2. The predicted molar refractivity (Wildman–Crippen MR) is 97.2 cm³/mol. The molecule has 1 aliphatic carbocycles. The molecule has 130 valence electrons. The van der Waals surface area contributed by atoms with Crippen molar-refractivity contribution in [1.29, 1.82) is 0 Å². The monoisotopic (exact) mass is 338 g/mol. The summed E-state index contributed by atoms with van der Waals surface area (Å²) in [6.45, 7) is 9.45. The predicted octanol–water partition coefficient (Wildman–Crippen LogP) is 3.16. The summed E-state index contributed by atoms with van der Waals surface area (Å²) >= 11 is 1.73. The number of aliphatic imine (C=N–C) groups is 1. The summed E-state index contributed by atoms with van der Waals surface area (Å²) in [5.41, 5.74) is 1.11. The Bertz CT molecular complexity index is 475. The molecule has 0 atom stereocenters. The molecule has 0 bridgehead atoms. The molecular formula is C17H30N4OS. The average Bonchev–Trinajstić information content (AvgIpc) is 3.15. The largest absolute Gasteiger partial charge is 0.378 e. The van der Waals surface area contributed by atoms with Gasteiger partial charge in [0.1, 0.15) is 5.01 Å². The second-order valence-electron chi connectivity index (χ2n) is 6.00. The van der Waals surface area contributed by atoms with E-state index in [1.54, 1.807) is 11.3 Å². The zero-order chi connectivity index (χ0) is 16.5. The summed E-state index contributed by atoms with van der Waals surface area (Å²) < 4.78 is 5.88. The van der Waals surface area contributed by atoms with Crippen LogP contribution >= 0.6 is 11.3 Å². The van der Waals surface area contributed by atoms with Gasteiger partial charge >= 0.3 is 0 Å². The molecule has 1 fully saturated rings. The number of nitrogens with one attached hydrogen (secondary N) is 2. The molecular weight excluding hydrogens is 308 g/mol. The van der Waals surface area contributed by atoms with Gasteiger partial charge in [-0.15, -0.1) is 11.3 Å². The molecule has 5 nitrogen and oxygen atoms in total. The Morgan fingerprint density at radius 3 is 2.74 bits per heavy atom. The van der Waals surface area contributed by atoms with Crippen LogP contribution in [0.3, 0.4) is 0 Å². The summed E-state index contributed by atoms with van der Waals surface area (Å²) in [6.07, 6.45) is 6.66. The first-order valence-corrected chi connectivity index (χ1v) is 9.57. The lowest BCUT2D eigenvalue weighted by molar-refractivity contribution is 0.0574. The van der Waals surface area contributed by atoms with Gasteiger partial charge in [0.2, 0.25) is 0 Å². The minimum Gasteiger partial charge on any atom is -0.378 e. The third-order valence-electron chi connectivity index (χ3n) is 4.06. The van der Waals surface area contributed by atoms with Crippen LogP contribution in [0, 0.1) is 13.8 Å². The van der Waals surface area contributed by atoms with Gasteiger partial charge in [0, 0.05) is 24.6 Å². The maximum absolute atomic E-state index is 5.88. The highest BCUT2D eigenvalue weighted by molar-refractivity contribution is 7.11. The van der Waals surface area contributed by atoms with Crippen LogP contribution in [0.15, 0.2) is 4.99 Å². The van der Waals surface area contributed by atoms with Crippen molar-refractivity contribution in [3.63, 3.8) is 0 Å². The van der Waals surface area contributed by atoms with E-state index in [9.17, 15) is 0 Å². The number of ether oxygens (including phenoxy) is 1. The van der Waals surface area contributed by atoms with Crippen LogP contribution in [0.25, 0.3) is 0 Å². The number of thiazole rings is 1. The van der Waals surface area contributed by atoms with E-state index in [1.807, 2.05) is 6.92 Å². The van der Waals surface area contributed by atoms with Crippen LogP contribution in [0.2, 0.25) is 0 Å². The van der Waals surface area contributed by atoms with Gasteiger partial charge in [-0.05, 0) is 40.0 Å². The molecule has 1 aliphatic rings. The van der Waals surface area contributed by atoms with Crippen molar-refractivity contribution in [2.45, 2.75) is 65.5 Å². The molecule has 0 saturated heterocycles. The molecule has 0 amide bonds. The highest BCUT2D eigenvalue weighted by Gasteiger charge is 2.14. The summed E-state index contributed by atoms with van der Waals surface area (Å²) in [6, 6.07) is 0. The van der Waals surface area contributed by atoms with Crippen LogP contribution in [0.1, 0.15) is 54.6 Å². The zero-order valence-corrected chi connectivity index (χ0v) is 15.5. The Morgan fingerprint density at radius 2 is 2.09 bits per heavy atom. The van der Waals surface area contributed by atoms with Gasteiger partial charge in [0.25, 0.3) is 0 Å². The Kier molecular flexibility index (Phi) is 7.82. The van der Waals surface area contributed by atoms with Gasteiger partial charge in [-0.2, -0.15) is 0 Å². The van der Waals surface area contributed by atoms with E-state index < -0.39 is 0 Å². The van der Waals surface area contributed by atoms with Gasteiger partial charge in [0.15, 0.2) is 5.96 Å². The molecule has 1 saturated carbocycles. The second kappa shape index (κ2) is 9.88. The maximum atomic E-state index is 5.88. The Balaban J connectivity index is 1.68. The molecule has 23 heavy (non-hydrogen) atoms. The topological polar surface area (TPSA) is 58.5 Å². The molecule has 1 aromatic rings. The molecule has 0 spiro atoms. The van der Waals surface area contributed by atoms with E-state index in [1.165, 1.54) is 30.6 Å². The van der Waals surface area contributed by atoms with Crippen molar-refractivity contribution < 1.29 is 4.74 Å². The van der Waals surface area contributed by atoms with Crippen molar-refractivity contribution in [2.75, 3.05) is 19.7 Å². The SMILES string of the molecule is CCNC(=NCc1nc(C)c(C)s1)NCCCOC1CCCC1. The molecule has 1 aromatic heterocycles. The van der Waals surface area contributed by atoms with E-state index in [0.717, 1.165) is 42.8 Å². The second-order valence-corrected chi connectivity index (χ2v) is 7.29. The molecule has 0 aliphatic heterocycles. The first-order valence-electron chi connectivity index (χ1n) is 8.75. The van der Waals surface area contributed by atoms with Gasteiger partial charge < -0.3 is 15.4 Å². The van der Waals surface area contributed by atoms with E-state index >= 15 is 0 Å². The van der Waals surface area contributed by atoms with E-state index in [4.69, 9.17) is 4.74 Å². The fraction of sp³-hybridized carbons (Fsp3) is 0.765. The van der Waals surface area contributed by atoms with Crippen molar-refractivity contribution in [3.05, 3.63) is 15.6 Å². The van der Waals surface area contributed by atoms with E-state index in [2.05, 4.69) is 34.5 Å². The summed E-state index contributed by atoms with van der Waals surface area (Å²) in [5, 5.41) is 7.73. The summed E-state index contributed by atoms with van der Waals surface area (Å²) in [5.74, 6) is 0.860. The van der Waals surface area contributed by atoms with Gasteiger partial charge in [-0.1, -0.05) is 12.8 Å². The minimum absolute atomic E-state index is 0.508. The van der Waals surface area contributed by atoms with Crippen LogP contribution in [0.4, 0.5) is 0 Å². The molecule has 0 radical (unpaired) electrons. The molecule has 2 rings (SSSR count). The number of guanidine groups is 1. The van der Waals surface area contributed by atoms with Gasteiger partial charge in [-0.25, -0.2) is 9.98 Å². The third-order valence-corrected chi connectivity index (χ3v) is 5.12. The van der Waals surface area contributed by atoms with Crippen molar-refractivity contribution >= 4 is 17.3 Å². The van der Waals surface area contributed by atoms with Crippen LogP contribution in [-0.4, -0.2) is 36.7 Å². The first kappa shape index (κ1) is 18.2. The normalized spacial score (nSPS) is 16.0. The highest BCUT2D eigenvalue weighted by atomic mass is 32.1.